The second kappa shape index (κ2) is 3.12. The van der Waals surface area contributed by atoms with Crippen LogP contribution in [0.2, 0.25) is 0 Å². The number of aromatic nitrogens is 1. The summed E-state index contributed by atoms with van der Waals surface area (Å²) in [7, 11) is 0. The van der Waals surface area contributed by atoms with Gasteiger partial charge in [-0.05, 0) is 33.6 Å². The third-order valence-corrected chi connectivity index (χ3v) is 2.38. The number of aliphatic hydroxyl groups is 1. The van der Waals surface area contributed by atoms with Gasteiger partial charge in [0.25, 0.3) is 0 Å². The van der Waals surface area contributed by atoms with Crippen molar-refractivity contribution in [2.45, 2.75) is 13.5 Å². The fraction of sp³-hybridized carbons (Fsp3) is 0.222. The molecule has 2 rings (SSSR count). The van der Waals surface area contributed by atoms with Gasteiger partial charge in [0, 0.05) is 6.92 Å². The molecule has 0 fully saturated rings. The van der Waals surface area contributed by atoms with E-state index in [-0.39, 0.29) is 6.61 Å². The molecular weight excluding hydrogens is 234 g/mol. The molecule has 0 radical (unpaired) electrons. The summed E-state index contributed by atoms with van der Waals surface area (Å²) in [4.78, 5) is 4.17. The smallest absolute Gasteiger partial charge is 0.192 e. The zero-order valence-electron chi connectivity index (χ0n) is 7.04. The van der Waals surface area contributed by atoms with Gasteiger partial charge in [0.1, 0.15) is 5.52 Å². The molecule has 1 aromatic carbocycles. The van der Waals surface area contributed by atoms with Crippen LogP contribution < -0.4 is 0 Å². The predicted molar refractivity (Wildman–Crippen MR) is 52.4 cm³/mol. The molecule has 0 aliphatic carbocycles. The van der Waals surface area contributed by atoms with Gasteiger partial charge in [0.2, 0.25) is 0 Å². The maximum absolute atomic E-state index is 8.95. The summed E-state index contributed by atoms with van der Waals surface area (Å²) in [6, 6.07) is 3.64. The molecule has 1 N–H and O–H groups in total. The number of nitrogens with zero attached hydrogens (tertiary/aromatic N) is 1. The lowest BCUT2D eigenvalue weighted by atomic mass is 10.2. The lowest BCUT2D eigenvalue weighted by molar-refractivity contribution is 0.282. The Labute approximate surface area is 83.5 Å². The summed E-state index contributed by atoms with van der Waals surface area (Å²) in [5.74, 6) is 0.630. The molecule has 13 heavy (non-hydrogen) atoms. The van der Waals surface area contributed by atoms with E-state index in [1.807, 2.05) is 12.1 Å². The number of aryl methyl sites for hydroxylation is 1. The number of aliphatic hydroxyl groups excluding tert-OH is 1. The van der Waals surface area contributed by atoms with Crippen LogP contribution in [0.5, 0.6) is 0 Å². The summed E-state index contributed by atoms with van der Waals surface area (Å²) >= 11 is 3.36. The third-order valence-electron chi connectivity index (χ3n) is 1.79. The summed E-state index contributed by atoms with van der Waals surface area (Å²) in [6.07, 6.45) is 0. The first-order chi connectivity index (χ1) is 6.20. The SMILES string of the molecule is Cc1nc2cc(CO)cc(Br)c2o1. The minimum absolute atomic E-state index is 0.0143. The molecule has 4 heteroatoms. The standard InChI is InChI=1S/C9H8BrNO2/c1-5-11-8-3-6(4-12)2-7(10)9(8)13-5/h2-3,12H,4H2,1H3. The first-order valence-electron chi connectivity index (χ1n) is 3.87. The highest BCUT2D eigenvalue weighted by molar-refractivity contribution is 9.10. The number of hydrogen-bond acceptors (Lipinski definition) is 3. The minimum Gasteiger partial charge on any atom is -0.440 e. The first kappa shape index (κ1) is 8.72. The molecule has 0 bridgehead atoms. The number of halogens is 1. The Morgan fingerprint density at radius 2 is 2.31 bits per heavy atom. The van der Waals surface area contributed by atoms with E-state index in [1.165, 1.54) is 0 Å². The van der Waals surface area contributed by atoms with Crippen molar-refractivity contribution in [3.8, 4) is 0 Å². The normalized spacial score (nSPS) is 11.0. The second-order valence-electron chi connectivity index (χ2n) is 2.82. The molecule has 0 saturated carbocycles. The molecule has 1 aromatic heterocycles. The van der Waals surface area contributed by atoms with Crippen LogP contribution in [0, 0.1) is 6.92 Å². The summed E-state index contributed by atoms with van der Waals surface area (Å²) in [5.41, 5.74) is 2.33. The molecule has 0 atom stereocenters. The predicted octanol–water partition coefficient (Wildman–Crippen LogP) is 2.39. The van der Waals surface area contributed by atoms with Crippen molar-refractivity contribution in [1.82, 2.24) is 4.98 Å². The van der Waals surface area contributed by atoms with E-state index in [2.05, 4.69) is 20.9 Å². The van der Waals surface area contributed by atoms with Crippen molar-refractivity contribution >= 4 is 27.0 Å². The Balaban J connectivity index is 2.75. The minimum atomic E-state index is 0.0143. The molecule has 68 valence electrons. The summed E-state index contributed by atoms with van der Waals surface area (Å²) < 4.78 is 6.19. The molecule has 0 saturated heterocycles. The number of hydrogen-bond donors (Lipinski definition) is 1. The van der Waals surface area contributed by atoms with Crippen molar-refractivity contribution in [3.63, 3.8) is 0 Å². The van der Waals surface area contributed by atoms with Crippen molar-refractivity contribution in [2.75, 3.05) is 0 Å². The van der Waals surface area contributed by atoms with Crippen LogP contribution in [0.1, 0.15) is 11.5 Å². The lowest BCUT2D eigenvalue weighted by Gasteiger charge is -1.96. The van der Waals surface area contributed by atoms with Gasteiger partial charge in [-0.2, -0.15) is 0 Å². The Bertz CT molecular complexity index is 450. The number of oxazole rings is 1. The maximum Gasteiger partial charge on any atom is 0.192 e. The molecular formula is C9H8BrNO2. The average molecular weight is 242 g/mol. The van der Waals surface area contributed by atoms with E-state index in [0.717, 1.165) is 21.1 Å². The van der Waals surface area contributed by atoms with E-state index in [1.54, 1.807) is 6.92 Å². The van der Waals surface area contributed by atoms with Crippen molar-refractivity contribution in [2.24, 2.45) is 0 Å². The molecule has 0 aliphatic rings. The lowest BCUT2D eigenvalue weighted by Crippen LogP contribution is -1.82. The third kappa shape index (κ3) is 1.47. The van der Waals surface area contributed by atoms with Crippen LogP contribution >= 0.6 is 15.9 Å². The molecule has 2 aromatic rings. The number of fused-ring (bicyclic) bond motifs is 1. The van der Waals surface area contributed by atoms with E-state index >= 15 is 0 Å². The molecule has 3 nitrogen and oxygen atoms in total. The van der Waals surface area contributed by atoms with Crippen LogP contribution in [-0.2, 0) is 6.61 Å². The van der Waals surface area contributed by atoms with Gasteiger partial charge in [-0.25, -0.2) is 4.98 Å². The second-order valence-corrected chi connectivity index (χ2v) is 3.67. The number of benzene rings is 1. The van der Waals surface area contributed by atoms with Crippen molar-refractivity contribution in [3.05, 3.63) is 28.1 Å². The van der Waals surface area contributed by atoms with Crippen LogP contribution in [-0.4, -0.2) is 10.1 Å². The van der Waals surface area contributed by atoms with Crippen molar-refractivity contribution < 1.29 is 9.52 Å². The quantitative estimate of drug-likeness (QED) is 0.835. The van der Waals surface area contributed by atoms with E-state index in [4.69, 9.17) is 9.52 Å². The Kier molecular flexibility index (Phi) is 2.09. The topological polar surface area (TPSA) is 46.3 Å². The van der Waals surface area contributed by atoms with Gasteiger partial charge in [-0.1, -0.05) is 0 Å². The highest BCUT2D eigenvalue weighted by Crippen LogP contribution is 2.26. The van der Waals surface area contributed by atoms with Gasteiger partial charge in [-0.15, -0.1) is 0 Å². The molecule has 0 aliphatic heterocycles. The fourth-order valence-electron chi connectivity index (χ4n) is 1.25. The van der Waals surface area contributed by atoms with Gasteiger partial charge in [0.05, 0.1) is 11.1 Å². The van der Waals surface area contributed by atoms with Gasteiger partial charge in [-0.3, -0.25) is 0 Å². The molecule has 0 amide bonds. The van der Waals surface area contributed by atoms with Crippen LogP contribution in [0.15, 0.2) is 21.0 Å². The fourth-order valence-corrected chi connectivity index (χ4v) is 1.83. The Morgan fingerprint density at radius 3 is 3.00 bits per heavy atom. The summed E-state index contributed by atoms with van der Waals surface area (Å²) in [6.45, 7) is 1.81. The summed E-state index contributed by atoms with van der Waals surface area (Å²) in [5, 5.41) is 8.95. The van der Waals surface area contributed by atoms with Crippen LogP contribution in [0.3, 0.4) is 0 Å². The Morgan fingerprint density at radius 1 is 1.54 bits per heavy atom. The van der Waals surface area contributed by atoms with E-state index < -0.39 is 0 Å². The van der Waals surface area contributed by atoms with Gasteiger partial charge in [0.15, 0.2) is 11.5 Å². The first-order valence-corrected chi connectivity index (χ1v) is 4.66. The monoisotopic (exact) mass is 241 g/mol. The zero-order valence-corrected chi connectivity index (χ0v) is 8.63. The van der Waals surface area contributed by atoms with Crippen molar-refractivity contribution in [1.29, 1.82) is 0 Å². The van der Waals surface area contributed by atoms with E-state index in [9.17, 15) is 0 Å². The zero-order chi connectivity index (χ0) is 9.42. The highest BCUT2D eigenvalue weighted by Gasteiger charge is 2.07. The average Bonchev–Trinajstić information content (AvgIpc) is 2.46. The Hall–Kier alpha value is -0.870. The van der Waals surface area contributed by atoms with Crippen LogP contribution in [0.25, 0.3) is 11.1 Å². The largest absolute Gasteiger partial charge is 0.440 e. The molecule has 1 heterocycles. The van der Waals surface area contributed by atoms with Gasteiger partial charge >= 0.3 is 0 Å². The number of rotatable bonds is 1. The molecule has 0 unspecified atom stereocenters. The van der Waals surface area contributed by atoms with Gasteiger partial charge < -0.3 is 9.52 Å². The van der Waals surface area contributed by atoms with Crippen LogP contribution in [0.4, 0.5) is 0 Å². The highest BCUT2D eigenvalue weighted by atomic mass is 79.9. The van der Waals surface area contributed by atoms with E-state index in [0.29, 0.717) is 5.89 Å². The molecule has 0 spiro atoms. The maximum atomic E-state index is 8.95.